The molecule has 3 unspecified atom stereocenters. The Kier molecular flexibility index (Phi) is 2.89. The van der Waals surface area contributed by atoms with Gasteiger partial charge in [0.05, 0.1) is 11.0 Å². The Morgan fingerprint density at radius 2 is 2.21 bits per heavy atom. The van der Waals surface area contributed by atoms with Gasteiger partial charge in [0.15, 0.2) is 0 Å². The van der Waals surface area contributed by atoms with Gasteiger partial charge in [-0.25, -0.2) is 0 Å². The van der Waals surface area contributed by atoms with Crippen LogP contribution in [-0.4, -0.2) is 16.6 Å². The summed E-state index contributed by atoms with van der Waals surface area (Å²) >= 11 is 0. The number of hydrogen-bond acceptors (Lipinski definition) is 4. The van der Waals surface area contributed by atoms with E-state index in [-0.39, 0.29) is 11.4 Å². The third-order valence-corrected chi connectivity index (χ3v) is 4.15. The number of anilines is 1. The molecular formula is C14H16N2O3. The van der Waals surface area contributed by atoms with Crippen molar-refractivity contribution in [2.24, 2.45) is 17.8 Å². The fourth-order valence-electron chi connectivity index (χ4n) is 3.19. The van der Waals surface area contributed by atoms with Gasteiger partial charge in [0.2, 0.25) is 0 Å². The lowest BCUT2D eigenvalue weighted by Gasteiger charge is -2.19. The number of allylic oxidation sites excluding steroid dienone is 2. The van der Waals surface area contributed by atoms with E-state index in [1.165, 1.54) is 25.0 Å². The Morgan fingerprint density at radius 1 is 1.37 bits per heavy atom. The van der Waals surface area contributed by atoms with E-state index in [4.69, 9.17) is 0 Å². The number of fused-ring (bicyclic) bond motifs is 2. The molecule has 100 valence electrons. The van der Waals surface area contributed by atoms with E-state index in [9.17, 15) is 15.2 Å². The Balaban J connectivity index is 1.70. The maximum absolute atomic E-state index is 10.9. The highest BCUT2D eigenvalue weighted by atomic mass is 16.6. The second-order valence-corrected chi connectivity index (χ2v) is 5.38. The van der Waals surface area contributed by atoms with Crippen LogP contribution < -0.4 is 5.32 Å². The normalized spacial score (nSPS) is 27.7. The van der Waals surface area contributed by atoms with Crippen molar-refractivity contribution < 1.29 is 10.0 Å². The molecule has 0 spiro atoms. The smallest absolute Gasteiger partial charge is 0.296 e. The van der Waals surface area contributed by atoms with Gasteiger partial charge < -0.3 is 10.4 Å². The Bertz CT molecular complexity index is 541. The van der Waals surface area contributed by atoms with Gasteiger partial charge in [-0.05, 0) is 42.7 Å². The maximum Gasteiger partial charge on any atom is 0.296 e. The molecule has 0 aliphatic heterocycles. The molecule has 0 aromatic heterocycles. The topological polar surface area (TPSA) is 75.4 Å². The van der Waals surface area contributed by atoms with Crippen LogP contribution in [0.3, 0.4) is 0 Å². The Hall–Kier alpha value is -2.04. The van der Waals surface area contributed by atoms with Crippen molar-refractivity contribution >= 4 is 11.4 Å². The first-order valence-electron chi connectivity index (χ1n) is 6.53. The monoisotopic (exact) mass is 260 g/mol. The number of benzene rings is 1. The van der Waals surface area contributed by atoms with Crippen LogP contribution in [0.1, 0.15) is 12.8 Å². The van der Waals surface area contributed by atoms with Crippen LogP contribution in [0.5, 0.6) is 5.75 Å². The molecule has 0 radical (unpaired) electrons. The number of phenolic OH excluding ortho intramolecular Hbond substituents is 1. The van der Waals surface area contributed by atoms with E-state index in [0.717, 1.165) is 6.54 Å². The fourth-order valence-corrected chi connectivity index (χ4v) is 3.19. The third kappa shape index (κ3) is 2.28. The Labute approximate surface area is 111 Å². The molecule has 2 aliphatic carbocycles. The van der Waals surface area contributed by atoms with Gasteiger partial charge in [0.25, 0.3) is 5.69 Å². The molecule has 1 aromatic carbocycles. The predicted molar refractivity (Wildman–Crippen MR) is 72.1 cm³/mol. The predicted octanol–water partition coefficient (Wildman–Crippen LogP) is 2.92. The molecule has 1 saturated carbocycles. The highest BCUT2D eigenvalue weighted by molar-refractivity contribution is 5.63. The zero-order chi connectivity index (χ0) is 13.4. The van der Waals surface area contributed by atoms with Gasteiger partial charge in [-0.15, -0.1) is 0 Å². The molecule has 0 heterocycles. The SMILES string of the molecule is O=[N+]([O-])c1cc(O)ccc1NCC1CC2C=CC1C2. The molecule has 0 amide bonds. The number of rotatable bonds is 4. The first kappa shape index (κ1) is 12.0. The summed E-state index contributed by atoms with van der Waals surface area (Å²) in [7, 11) is 0. The van der Waals surface area contributed by atoms with E-state index in [1.807, 2.05) is 0 Å². The molecule has 2 N–H and O–H groups in total. The van der Waals surface area contributed by atoms with Crippen LogP contribution in [0.4, 0.5) is 11.4 Å². The minimum absolute atomic E-state index is 0.0706. The molecule has 19 heavy (non-hydrogen) atoms. The molecule has 3 atom stereocenters. The summed E-state index contributed by atoms with van der Waals surface area (Å²) in [5.41, 5.74) is 0.410. The largest absolute Gasteiger partial charge is 0.508 e. The lowest BCUT2D eigenvalue weighted by molar-refractivity contribution is -0.384. The zero-order valence-electron chi connectivity index (χ0n) is 10.5. The summed E-state index contributed by atoms with van der Waals surface area (Å²) in [6.07, 6.45) is 6.94. The van der Waals surface area contributed by atoms with Crippen molar-refractivity contribution in [1.29, 1.82) is 0 Å². The quantitative estimate of drug-likeness (QED) is 0.378. The summed E-state index contributed by atoms with van der Waals surface area (Å²) < 4.78 is 0. The number of nitro benzene ring substituents is 1. The van der Waals surface area contributed by atoms with Crippen LogP contribution in [0.2, 0.25) is 0 Å². The van der Waals surface area contributed by atoms with Crippen LogP contribution >= 0.6 is 0 Å². The molecule has 3 rings (SSSR count). The summed E-state index contributed by atoms with van der Waals surface area (Å²) in [5, 5.41) is 23.4. The lowest BCUT2D eigenvalue weighted by atomic mass is 9.93. The molecule has 2 aliphatic rings. The van der Waals surface area contributed by atoms with Gasteiger partial charge in [-0.3, -0.25) is 10.1 Å². The lowest BCUT2D eigenvalue weighted by Crippen LogP contribution is -2.18. The van der Waals surface area contributed by atoms with Crippen molar-refractivity contribution in [2.75, 3.05) is 11.9 Å². The van der Waals surface area contributed by atoms with E-state index in [2.05, 4.69) is 17.5 Å². The fraction of sp³-hybridized carbons (Fsp3) is 0.429. The number of phenols is 1. The van der Waals surface area contributed by atoms with Gasteiger partial charge in [-0.1, -0.05) is 12.2 Å². The summed E-state index contributed by atoms with van der Waals surface area (Å²) in [6.45, 7) is 0.747. The molecule has 1 fully saturated rings. The van der Waals surface area contributed by atoms with Crippen LogP contribution in [0, 0.1) is 27.9 Å². The second kappa shape index (κ2) is 4.57. The minimum Gasteiger partial charge on any atom is -0.508 e. The van der Waals surface area contributed by atoms with E-state index in [0.29, 0.717) is 23.4 Å². The number of aromatic hydroxyl groups is 1. The van der Waals surface area contributed by atoms with Gasteiger partial charge in [0.1, 0.15) is 11.4 Å². The highest BCUT2D eigenvalue weighted by Gasteiger charge is 2.35. The maximum atomic E-state index is 10.9. The van der Waals surface area contributed by atoms with Crippen molar-refractivity contribution in [3.63, 3.8) is 0 Å². The zero-order valence-corrected chi connectivity index (χ0v) is 10.5. The first-order valence-corrected chi connectivity index (χ1v) is 6.53. The number of nitrogens with one attached hydrogen (secondary N) is 1. The molecule has 0 saturated heterocycles. The molecular weight excluding hydrogens is 244 g/mol. The van der Waals surface area contributed by atoms with Gasteiger partial charge in [-0.2, -0.15) is 0 Å². The average Bonchev–Trinajstić information content (AvgIpc) is 2.99. The van der Waals surface area contributed by atoms with Crippen molar-refractivity contribution in [3.8, 4) is 5.75 Å². The van der Waals surface area contributed by atoms with Crippen molar-refractivity contribution in [2.45, 2.75) is 12.8 Å². The molecule has 5 heteroatoms. The standard InChI is InChI=1S/C14H16N2O3/c17-12-3-4-13(14(7-12)16(18)19)15-8-11-6-9-1-2-10(11)5-9/h1-4,7,9-11,15,17H,5-6,8H2. The van der Waals surface area contributed by atoms with Gasteiger partial charge >= 0.3 is 0 Å². The van der Waals surface area contributed by atoms with E-state index >= 15 is 0 Å². The second-order valence-electron chi connectivity index (χ2n) is 5.38. The average molecular weight is 260 g/mol. The summed E-state index contributed by atoms with van der Waals surface area (Å²) in [4.78, 5) is 10.5. The Morgan fingerprint density at radius 3 is 2.84 bits per heavy atom. The van der Waals surface area contributed by atoms with Gasteiger partial charge in [0, 0.05) is 6.54 Å². The van der Waals surface area contributed by atoms with Crippen LogP contribution in [0.25, 0.3) is 0 Å². The minimum atomic E-state index is -0.469. The van der Waals surface area contributed by atoms with E-state index < -0.39 is 4.92 Å². The third-order valence-electron chi connectivity index (χ3n) is 4.15. The molecule has 1 aromatic rings. The van der Waals surface area contributed by atoms with Crippen molar-refractivity contribution in [3.05, 3.63) is 40.5 Å². The van der Waals surface area contributed by atoms with E-state index in [1.54, 1.807) is 6.07 Å². The van der Waals surface area contributed by atoms with Crippen LogP contribution in [0.15, 0.2) is 30.4 Å². The number of hydrogen-bond donors (Lipinski definition) is 2. The van der Waals surface area contributed by atoms with Crippen LogP contribution in [-0.2, 0) is 0 Å². The molecule has 5 nitrogen and oxygen atoms in total. The first-order chi connectivity index (χ1) is 9.13. The number of nitro groups is 1. The van der Waals surface area contributed by atoms with Crippen molar-refractivity contribution in [1.82, 2.24) is 0 Å². The summed E-state index contributed by atoms with van der Waals surface area (Å²) in [6, 6.07) is 4.22. The summed E-state index contributed by atoms with van der Waals surface area (Å²) in [5.74, 6) is 1.80. The number of nitrogens with zero attached hydrogens (tertiary/aromatic N) is 1. The molecule has 2 bridgehead atoms. The highest BCUT2D eigenvalue weighted by Crippen LogP contribution is 2.43.